The number of nitrogens with one attached hydrogen (secondary N) is 1. The Morgan fingerprint density at radius 2 is 1.93 bits per heavy atom. The third kappa shape index (κ3) is 2.72. The number of hydrogen-bond donors (Lipinski definition) is 1. The summed E-state index contributed by atoms with van der Waals surface area (Å²) in [5, 5.41) is 0.609. The Kier molecular flexibility index (Phi) is 4.18. The first-order valence-corrected chi connectivity index (χ1v) is 10.3. The molecule has 5 nitrogen and oxygen atoms in total. The summed E-state index contributed by atoms with van der Waals surface area (Å²) in [6, 6.07) is 9.28. The molecule has 0 unspecified atom stereocenters. The van der Waals surface area contributed by atoms with Crippen molar-refractivity contribution < 1.29 is 0 Å². The molecule has 0 spiro atoms. The van der Waals surface area contributed by atoms with Crippen molar-refractivity contribution in [1.82, 2.24) is 14.5 Å². The zero-order chi connectivity index (χ0) is 19.3. The largest absolute Gasteiger partial charge is 0.333 e. The first kappa shape index (κ1) is 17.4. The third-order valence-electron chi connectivity index (χ3n) is 5.20. The highest BCUT2D eigenvalue weighted by Crippen LogP contribution is 2.35. The quantitative estimate of drug-likeness (QED) is 0.535. The van der Waals surface area contributed by atoms with E-state index in [1.807, 2.05) is 36.5 Å². The van der Waals surface area contributed by atoms with Crippen molar-refractivity contribution in [2.45, 2.75) is 25.7 Å². The molecular weight excluding hydrogens is 394 g/mol. The zero-order valence-corrected chi connectivity index (χ0v) is 16.4. The summed E-state index contributed by atoms with van der Waals surface area (Å²) < 4.78 is 1.73. The first-order valence-electron chi connectivity index (χ1n) is 9.13. The Labute approximate surface area is 169 Å². The summed E-state index contributed by atoms with van der Waals surface area (Å²) in [7, 11) is 0. The van der Waals surface area contributed by atoms with Gasteiger partial charge in [-0.3, -0.25) is 9.78 Å². The van der Waals surface area contributed by atoms with Gasteiger partial charge in [-0.25, -0.2) is 9.36 Å². The Balaban J connectivity index is 1.76. The molecule has 4 aromatic rings. The second-order valence-electron chi connectivity index (χ2n) is 6.91. The van der Waals surface area contributed by atoms with Gasteiger partial charge in [0, 0.05) is 21.7 Å². The molecule has 1 aromatic carbocycles. The molecule has 0 radical (unpaired) electrons. The molecule has 5 rings (SSSR count). The van der Waals surface area contributed by atoms with Gasteiger partial charge in [-0.05, 0) is 48.9 Å². The number of thiophene rings is 1. The summed E-state index contributed by atoms with van der Waals surface area (Å²) in [5.74, 6) is 0. The minimum atomic E-state index is -0.443. The summed E-state index contributed by atoms with van der Waals surface area (Å²) in [4.78, 5) is 34.1. The lowest BCUT2D eigenvalue weighted by Gasteiger charge is -2.18. The highest BCUT2D eigenvalue weighted by atomic mass is 35.5. The lowest BCUT2D eigenvalue weighted by atomic mass is 9.92. The Morgan fingerprint density at radius 1 is 1.11 bits per heavy atom. The van der Waals surface area contributed by atoms with E-state index in [1.165, 1.54) is 15.9 Å². The van der Waals surface area contributed by atoms with Gasteiger partial charge in [0.1, 0.15) is 4.70 Å². The summed E-state index contributed by atoms with van der Waals surface area (Å²) in [6.45, 7) is 0. The van der Waals surface area contributed by atoms with Crippen molar-refractivity contribution in [3.8, 4) is 16.1 Å². The number of aromatic nitrogens is 3. The van der Waals surface area contributed by atoms with Gasteiger partial charge < -0.3 is 4.98 Å². The molecular formula is C21H16ClN3O2S. The molecule has 3 heterocycles. The highest BCUT2D eigenvalue weighted by molar-refractivity contribution is 7.22. The Bertz CT molecular complexity index is 1340. The van der Waals surface area contributed by atoms with Crippen molar-refractivity contribution in [3.63, 3.8) is 0 Å². The van der Waals surface area contributed by atoms with E-state index >= 15 is 0 Å². The molecule has 140 valence electrons. The van der Waals surface area contributed by atoms with Gasteiger partial charge in [0.05, 0.1) is 17.4 Å². The van der Waals surface area contributed by atoms with E-state index in [9.17, 15) is 9.59 Å². The average molecular weight is 410 g/mol. The van der Waals surface area contributed by atoms with E-state index < -0.39 is 5.69 Å². The number of hydrogen-bond acceptors (Lipinski definition) is 4. The second-order valence-corrected chi connectivity index (χ2v) is 8.37. The first-order chi connectivity index (χ1) is 13.6. The zero-order valence-electron chi connectivity index (χ0n) is 14.9. The van der Waals surface area contributed by atoms with Gasteiger partial charge in [0.2, 0.25) is 0 Å². The van der Waals surface area contributed by atoms with Gasteiger partial charge >= 0.3 is 5.69 Å². The van der Waals surface area contributed by atoms with Crippen LogP contribution >= 0.6 is 22.9 Å². The Hall–Kier alpha value is -2.70. The van der Waals surface area contributed by atoms with Gasteiger partial charge in [-0.15, -0.1) is 11.3 Å². The highest BCUT2D eigenvalue weighted by Gasteiger charge is 2.20. The maximum absolute atomic E-state index is 13.3. The SMILES string of the molecule is O=c1[nH]c2cc(-c3ccccc3Cl)sc2c(=O)n1-c1cncc2c1CCCC2. The predicted octanol–water partition coefficient (Wildman–Crippen LogP) is 4.33. The number of fused-ring (bicyclic) bond motifs is 2. The van der Waals surface area contributed by atoms with Crippen LogP contribution in [0.2, 0.25) is 5.02 Å². The smallest absolute Gasteiger partial charge is 0.306 e. The summed E-state index contributed by atoms with van der Waals surface area (Å²) >= 11 is 7.64. The fourth-order valence-corrected chi connectivity index (χ4v) is 5.23. The van der Waals surface area contributed by atoms with Crippen LogP contribution in [0.15, 0.2) is 52.3 Å². The normalized spacial score (nSPS) is 13.6. The predicted molar refractivity (Wildman–Crippen MR) is 113 cm³/mol. The number of rotatable bonds is 2. The number of nitrogens with zero attached hydrogens (tertiary/aromatic N) is 2. The second kappa shape index (κ2) is 6.72. The molecule has 0 saturated carbocycles. The van der Waals surface area contributed by atoms with Crippen LogP contribution in [0.1, 0.15) is 24.0 Å². The van der Waals surface area contributed by atoms with Crippen LogP contribution in [0.3, 0.4) is 0 Å². The topological polar surface area (TPSA) is 67.8 Å². The molecule has 1 N–H and O–H groups in total. The third-order valence-corrected chi connectivity index (χ3v) is 6.69. The van der Waals surface area contributed by atoms with Gasteiger partial charge in [-0.2, -0.15) is 0 Å². The molecule has 0 aliphatic heterocycles. The summed E-state index contributed by atoms with van der Waals surface area (Å²) in [5.41, 5.74) is 3.39. The van der Waals surface area contributed by atoms with E-state index in [0.29, 0.717) is 20.9 Å². The average Bonchev–Trinajstić information content (AvgIpc) is 3.12. The molecule has 0 bridgehead atoms. The number of benzene rings is 1. The van der Waals surface area contributed by atoms with Crippen molar-refractivity contribution >= 4 is 33.2 Å². The van der Waals surface area contributed by atoms with Crippen LogP contribution < -0.4 is 11.2 Å². The van der Waals surface area contributed by atoms with Crippen molar-refractivity contribution in [1.29, 1.82) is 0 Å². The Morgan fingerprint density at radius 3 is 2.79 bits per heavy atom. The molecule has 0 atom stereocenters. The van der Waals surface area contributed by atoms with E-state index in [2.05, 4.69) is 9.97 Å². The number of aryl methyl sites for hydroxylation is 1. The van der Waals surface area contributed by atoms with E-state index in [1.54, 1.807) is 6.20 Å². The molecule has 1 aliphatic carbocycles. The molecule has 1 aliphatic rings. The molecule has 28 heavy (non-hydrogen) atoms. The minimum absolute atomic E-state index is 0.317. The maximum Gasteiger partial charge on any atom is 0.333 e. The summed E-state index contributed by atoms with van der Waals surface area (Å²) in [6.07, 6.45) is 7.40. The van der Waals surface area contributed by atoms with Crippen molar-refractivity contribution in [2.75, 3.05) is 0 Å². The number of H-pyrrole nitrogens is 1. The fraction of sp³-hybridized carbons (Fsp3) is 0.190. The molecule has 0 saturated heterocycles. The minimum Gasteiger partial charge on any atom is -0.306 e. The van der Waals surface area contributed by atoms with E-state index in [0.717, 1.165) is 47.3 Å². The van der Waals surface area contributed by atoms with Crippen LogP contribution in [0.25, 0.3) is 26.3 Å². The molecule has 0 amide bonds. The number of pyridine rings is 1. The van der Waals surface area contributed by atoms with Gasteiger partial charge in [0.15, 0.2) is 0 Å². The standard InChI is InChI=1S/C21H16ClN3O2S/c22-15-8-4-3-7-14(15)18-9-16-19(28-18)20(26)25(21(27)24-16)17-11-23-10-12-5-1-2-6-13(12)17/h3-4,7-11H,1-2,5-6H2,(H,24,27). The van der Waals surface area contributed by atoms with Gasteiger partial charge in [0.25, 0.3) is 5.56 Å². The fourth-order valence-electron chi connectivity index (χ4n) is 3.85. The maximum atomic E-state index is 13.3. The molecule has 7 heteroatoms. The van der Waals surface area contributed by atoms with Crippen molar-refractivity contribution in [2.24, 2.45) is 0 Å². The lowest BCUT2D eigenvalue weighted by molar-refractivity contribution is 0.674. The van der Waals surface area contributed by atoms with Crippen LogP contribution in [0.4, 0.5) is 0 Å². The monoisotopic (exact) mass is 409 g/mol. The van der Waals surface area contributed by atoms with Crippen LogP contribution in [-0.2, 0) is 12.8 Å². The van der Waals surface area contributed by atoms with E-state index in [-0.39, 0.29) is 5.56 Å². The van der Waals surface area contributed by atoms with Gasteiger partial charge in [-0.1, -0.05) is 29.8 Å². The molecule has 0 fully saturated rings. The molecule has 3 aromatic heterocycles. The van der Waals surface area contributed by atoms with E-state index in [4.69, 9.17) is 11.6 Å². The van der Waals surface area contributed by atoms with Crippen LogP contribution in [0.5, 0.6) is 0 Å². The van der Waals surface area contributed by atoms with Crippen LogP contribution in [-0.4, -0.2) is 14.5 Å². The van der Waals surface area contributed by atoms with Crippen molar-refractivity contribution in [3.05, 3.63) is 79.7 Å². The van der Waals surface area contributed by atoms with Crippen LogP contribution in [0, 0.1) is 0 Å². The number of halogens is 1. The number of aromatic amines is 1. The lowest BCUT2D eigenvalue weighted by Crippen LogP contribution is -2.34.